The van der Waals surface area contributed by atoms with Crippen molar-refractivity contribution in [2.45, 2.75) is 76.8 Å². The third kappa shape index (κ3) is 2.40. The highest BCUT2D eigenvalue weighted by atomic mass is 35.5. The van der Waals surface area contributed by atoms with E-state index in [4.69, 9.17) is 21.1 Å². The van der Waals surface area contributed by atoms with Crippen molar-refractivity contribution in [2.75, 3.05) is 0 Å². The lowest BCUT2D eigenvalue weighted by Gasteiger charge is -2.35. The Morgan fingerprint density at radius 1 is 1.27 bits per heavy atom. The standard InChI is InChI=1S/C19H27ClO2/c1-12(2)19-10-17(18(5,22-19)9-16(19)20)21-11-15-13(3)7-6-8-14(15)4/h6-8,12,16-17H,9-11H2,1-5H3/t16-,17+,18-,19+/m0/s1. The van der Waals surface area contributed by atoms with E-state index in [2.05, 4.69) is 52.8 Å². The second-order valence-electron chi connectivity index (χ2n) is 7.57. The van der Waals surface area contributed by atoms with Crippen LogP contribution in [0.25, 0.3) is 0 Å². The summed E-state index contributed by atoms with van der Waals surface area (Å²) in [5.41, 5.74) is 3.43. The Kier molecular flexibility index (Phi) is 4.08. The maximum absolute atomic E-state index is 6.60. The molecule has 0 N–H and O–H groups in total. The molecule has 0 saturated carbocycles. The lowest BCUT2D eigenvalue weighted by molar-refractivity contribution is -0.0958. The molecule has 4 atom stereocenters. The first-order valence-corrected chi connectivity index (χ1v) is 8.73. The Labute approximate surface area is 139 Å². The molecule has 0 amide bonds. The molecule has 2 aliphatic heterocycles. The van der Waals surface area contributed by atoms with Crippen molar-refractivity contribution in [3.8, 4) is 0 Å². The van der Waals surface area contributed by atoms with Crippen LogP contribution in [0.3, 0.4) is 0 Å². The van der Waals surface area contributed by atoms with Crippen LogP contribution >= 0.6 is 11.6 Å². The van der Waals surface area contributed by atoms with E-state index >= 15 is 0 Å². The first-order chi connectivity index (χ1) is 10.3. The van der Waals surface area contributed by atoms with Gasteiger partial charge in [0.15, 0.2) is 0 Å². The molecule has 2 aliphatic rings. The number of halogens is 1. The summed E-state index contributed by atoms with van der Waals surface area (Å²) in [6, 6.07) is 6.40. The van der Waals surface area contributed by atoms with Crippen LogP contribution in [-0.4, -0.2) is 22.7 Å². The normalized spacial score (nSPS) is 37.2. The third-order valence-corrected chi connectivity index (χ3v) is 6.30. The van der Waals surface area contributed by atoms with Crippen LogP contribution in [0, 0.1) is 19.8 Å². The third-order valence-electron chi connectivity index (χ3n) is 5.77. The molecule has 1 aromatic carbocycles. The highest BCUT2D eigenvalue weighted by Crippen LogP contribution is 2.57. The molecule has 3 heteroatoms. The molecule has 2 heterocycles. The van der Waals surface area contributed by atoms with Crippen molar-refractivity contribution in [3.05, 3.63) is 34.9 Å². The van der Waals surface area contributed by atoms with Gasteiger partial charge in [-0.25, -0.2) is 0 Å². The smallest absolute Gasteiger partial charge is 0.0939 e. The zero-order valence-electron chi connectivity index (χ0n) is 14.3. The van der Waals surface area contributed by atoms with Gasteiger partial charge in [0, 0.05) is 6.42 Å². The average Bonchev–Trinajstić information content (AvgIpc) is 2.86. The van der Waals surface area contributed by atoms with Crippen molar-refractivity contribution in [3.63, 3.8) is 0 Å². The zero-order chi connectivity index (χ0) is 16.1. The molecule has 2 fully saturated rings. The number of alkyl halides is 1. The number of fused-ring (bicyclic) bond motifs is 2. The van der Waals surface area contributed by atoms with E-state index in [9.17, 15) is 0 Å². The van der Waals surface area contributed by atoms with E-state index in [0.29, 0.717) is 12.5 Å². The molecule has 2 nitrogen and oxygen atoms in total. The van der Waals surface area contributed by atoms with Gasteiger partial charge < -0.3 is 9.47 Å². The summed E-state index contributed by atoms with van der Waals surface area (Å²) in [7, 11) is 0. The van der Waals surface area contributed by atoms with Crippen LogP contribution in [0.1, 0.15) is 50.3 Å². The molecule has 22 heavy (non-hydrogen) atoms. The summed E-state index contributed by atoms with van der Waals surface area (Å²) >= 11 is 6.60. The van der Waals surface area contributed by atoms with Crippen molar-refractivity contribution >= 4 is 11.6 Å². The van der Waals surface area contributed by atoms with Crippen LogP contribution < -0.4 is 0 Å². The fourth-order valence-corrected chi connectivity index (χ4v) is 4.84. The molecule has 0 spiro atoms. The van der Waals surface area contributed by atoms with E-state index in [1.165, 1.54) is 16.7 Å². The maximum Gasteiger partial charge on any atom is 0.0939 e. The van der Waals surface area contributed by atoms with Crippen LogP contribution in [0.5, 0.6) is 0 Å². The van der Waals surface area contributed by atoms with Gasteiger partial charge in [-0.3, -0.25) is 0 Å². The number of rotatable bonds is 4. The Hall–Kier alpha value is -0.570. The summed E-state index contributed by atoms with van der Waals surface area (Å²) in [5, 5.41) is 0.0950. The van der Waals surface area contributed by atoms with Crippen molar-refractivity contribution in [1.82, 2.24) is 0 Å². The van der Waals surface area contributed by atoms with E-state index in [1.807, 2.05) is 0 Å². The quantitative estimate of drug-likeness (QED) is 0.743. The summed E-state index contributed by atoms with van der Waals surface area (Å²) in [6.07, 6.45) is 1.91. The van der Waals surface area contributed by atoms with E-state index in [0.717, 1.165) is 12.8 Å². The molecule has 122 valence electrons. The summed E-state index contributed by atoms with van der Waals surface area (Å²) in [4.78, 5) is 0. The fourth-order valence-electron chi connectivity index (χ4n) is 4.15. The largest absolute Gasteiger partial charge is 0.370 e. The van der Waals surface area contributed by atoms with Crippen molar-refractivity contribution in [2.24, 2.45) is 5.92 Å². The monoisotopic (exact) mass is 322 g/mol. The van der Waals surface area contributed by atoms with Crippen LogP contribution in [-0.2, 0) is 16.1 Å². The molecule has 0 radical (unpaired) electrons. The minimum atomic E-state index is -0.243. The number of benzene rings is 1. The molecule has 0 unspecified atom stereocenters. The molecule has 0 aromatic heterocycles. The molecule has 1 aromatic rings. The van der Waals surface area contributed by atoms with Gasteiger partial charge in [0.05, 0.1) is 29.3 Å². The molecule has 0 aliphatic carbocycles. The summed E-state index contributed by atoms with van der Waals surface area (Å²) < 4.78 is 12.8. The van der Waals surface area contributed by atoms with E-state index in [1.54, 1.807) is 0 Å². The minimum Gasteiger partial charge on any atom is -0.370 e. The van der Waals surface area contributed by atoms with Crippen molar-refractivity contribution < 1.29 is 9.47 Å². The molecule has 2 saturated heterocycles. The zero-order valence-corrected chi connectivity index (χ0v) is 15.0. The molecular formula is C19H27ClO2. The Bertz CT molecular complexity index is 550. The van der Waals surface area contributed by atoms with Gasteiger partial charge in [-0.15, -0.1) is 11.6 Å². The van der Waals surface area contributed by atoms with Gasteiger partial charge in [0.25, 0.3) is 0 Å². The van der Waals surface area contributed by atoms with Gasteiger partial charge in [0.1, 0.15) is 0 Å². The summed E-state index contributed by atoms with van der Waals surface area (Å²) in [6.45, 7) is 11.5. The molecule has 3 rings (SSSR count). The average molecular weight is 323 g/mol. The maximum atomic E-state index is 6.60. The number of hydrogen-bond donors (Lipinski definition) is 0. The number of hydrogen-bond acceptors (Lipinski definition) is 2. The van der Waals surface area contributed by atoms with Crippen LogP contribution in [0.2, 0.25) is 0 Å². The fraction of sp³-hybridized carbons (Fsp3) is 0.684. The molecular weight excluding hydrogens is 296 g/mol. The van der Waals surface area contributed by atoms with Crippen LogP contribution in [0.4, 0.5) is 0 Å². The lowest BCUT2D eigenvalue weighted by Crippen LogP contribution is -2.45. The van der Waals surface area contributed by atoms with Gasteiger partial charge >= 0.3 is 0 Å². The Morgan fingerprint density at radius 2 is 1.91 bits per heavy atom. The van der Waals surface area contributed by atoms with Crippen molar-refractivity contribution in [1.29, 1.82) is 0 Å². The summed E-state index contributed by atoms with van der Waals surface area (Å²) in [5.74, 6) is 0.408. The van der Waals surface area contributed by atoms with Gasteiger partial charge in [-0.1, -0.05) is 32.0 Å². The number of aryl methyl sites for hydroxylation is 2. The lowest BCUT2D eigenvalue weighted by atomic mass is 9.75. The van der Waals surface area contributed by atoms with Gasteiger partial charge in [-0.2, -0.15) is 0 Å². The van der Waals surface area contributed by atoms with E-state index < -0.39 is 0 Å². The van der Waals surface area contributed by atoms with Gasteiger partial charge in [-0.05, 0) is 49.8 Å². The van der Waals surface area contributed by atoms with Crippen LogP contribution in [0.15, 0.2) is 18.2 Å². The first kappa shape index (κ1) is 16.3. The first-order valence-electron chi connectivity index (χ1n) is 8.29. The highest BCUT2D eigenvalue weighted by Gasteiger charge is 2.65. The Morgan fingerprint density at radius 3 is 2.45 bits per heavy atom. The topological polar surface area (TPSA) is 18.5 Å². The predicted molar refractivity (Wildman–Crippen MR) is 90.4 cm³/mol. The number of ether oxygens (including phenoxy) is 2. The predicted octanol–water partition coefficient (Wildman–Crippen LogP) is 4.77. The Balaban J connectivity index is 1.75. The van der Waals surface area contributed by atoms with Gasteiger partial charge in [0.2, 0.25) is 0 Å². The SMILES string of the molecule is Cc1cccc(C)c1CO[C@@H]1C[C@]2(C(C)C)O[C@@]1(C)C[C@@H]2Cl. The molecule has 2 bridgehead atoms. The van der Waals surface area contributed by atoms with E-state index in [-0.39, 0.29) is 22.7 Å². The highest BCUT2D eigenvalue weighted by molar-refractivity contribution is 6.21. The minimum absolute atomic E-state index is 0.0950. The second-order valence-corrected chi connectivity index (χ2v) is 8.10. The second kappa shape index (κ2) is 5.51.